The summed E-state index contributed by atoms with van der Waals surface area (Å²) in [7, 11) is 0. The minimum Gasteiger partial charge on any atom is -0.447 e. The summed E-state index contributed by atoms with van der Waals surface area (Å²) in [5.74, 6) is 0. The molecule has 1 N–H and O–H groups in total. The van der Waals surface area contributed by atoms with Crippen molar-refractivity contribution in [3.05, 3.63) is 0 Å². The summed E-state index contributed by atoms with van der Waals surface area (Å²) in [6.45, 7) is 0.955. The Labute approximate surface area is 58.4 Å². The van der Waals surface area contributed by atoms with E-state index in [1.54, 1.807) is 0 Å². The van der Waals surface area contributed by atoms with Crippen LogP contribution < -0.4 is 0 Å². The van der Waals surface area contributed by atoms with Gasteiger partial charge in [-0.15, -0.1) is 0 Å². The number of carbonyl (C=O) groups excluding carboxylic acids is 1. The van der Waals surface area contributed by atoms with Gasteiger partial charge >= 0.3 is 6.09 Å². The summed E-state index contributed by atoms with van der Waals surface area (Å²) in [4.78, 5) is 12.2. The highest BCUT2D eigenvalue weighted by Gasteiger charge is 2.51. The third-order valence-electron chi connectivity index (χ3n) is 1.96. The number of hydrogen-bond acceptors (Lipinski definition) is 3. The second-order valence-electron chi connectivity index (χ2n) is 2.75. The van der Waals surface area contributed by atoms with E-state index in [0.29, 0.717) is 26.0 Å². The molecule has 4 nitrogen and oxygen atoms in total. The Morgan fingerprint density at radius 2 is 2.30 bits per heavy atom. The van der Waals surface area contributed by atoms with E-state index in [1.807, 2.05) is 0 Å². The third kappa shape index (κ3) is 0.686. The Morgan fingerprint density at radius 1 is 1.60 bits per heavy atom. The lowest BCUT2D eigenvalue weighted by Crippen LogP contribution is -2.37. The highest BCUT2D eigenvalue weighted by Crippen LogP contribution is 2.39. The van der Waals surface area contributed by atoms with Crippen LogP contribution in [0.25, 0.3) is 0 Å². The van der Waals surface area contributed by atoms with Gasteiger partial charge in [-0.05, 0) is 12.8 Å². The van der Waals surface area contributed by atoms with Crippen LogP contribution >= 0.6 is 0 Å². The van der Waals surface area contributed by atoms with Gasteiger partial charge in [-0.2, -0.15) is 0 Å². The number of hydrogen-bond donors (Lipinski definition) is 1. The molecular formula is C6H9NO3. The van der Waals surface area contributed by atoms with Gasteiger partial charge in [0.15, 0.2) is 0 Å². The van der Waals surface area contributed by atoms with Crippen LogP contribution in [0.3, 0.4) is 0 Å². The molecule has 0 aromatic rings. The molecule has 0 bridgehead atoms. The number of rotatable bonds is 1. The molecule has 0 unspecified atom stereocenters. The topological polar surface area (TPSA) is 49.8 Å². The van der Waals surface area contributed by atoms with Crippen molar-refractivity contribution >= 4 is 6.09 Å². The number of amides is 1. The van der Waals surface area contributed by atoms with Gasteiger partial charge in [0.25, 0.3) is 0 Å². The van der Waals surface area contributed by atoms with Crippen molar-refractivity contribution in [2.45, 2.75) is 18.6 Å². The fourth-order valence-electron chi connectivity index (χ4n) is 1.15. The molecule has 2 aliphatic rings. The smallest absolute Gasteiger partial charge is 0.412 e. The molecule has 0 atom stereocenters. The normalized spacial score (nSPS) is 28.5. The molecule has 10 heavy (non-hydrogen) atoms. The molecule has 0 radical (unpaired) electrons. The zero-order valence-corrected chi connectivity index (χ0v) is 5.54. The van der Waals surface area contributed by atoms with Crippen molar-refractivity contribution in [1.29, 1.82) is 0 Å². The van der Waals surface area contributed by atoms with E-state index >= 15 is 0 Å². The number of nitrogens with zero attached hydrogens (tertiary/aromatic N) is 1. The van der Waals surface area contributed by atoms with Gasteiger partial charge in [-0.3, -0.25) is 4.90 Å². The average molecular weight is 143 g/mol. The third-order valence-corrected chi connectivity index (χ3v) is 1.96. The SMILES string of the molecule is O=C1OCCN1C1(O)CC1. The van der Waals surface area contributed by atoms with Crippen LogP contribution in [0.15, 0.2) is 0 Å². The van der Waals surface area contributed by atoms with Gasteiger partial charge in [0.1, 0.15) is 12.3 Å². The van der Waals surface area contributed by atoms with Gasteiger partial charge in [-0.25, -0.2) is 4.79 Å². The molecule has 1 heterocycles. The lowest BCUT2D eigenvalue weighted by atomic mass is 10.5. The van der Waals surface area contributed by atoms with Crippen LogP contribution in [0.5, 0.6) is 0 Å². The molecule has 4 heteroatoms. The molecule has 1 aliphatic heterocycles. The van der Waals surface area contributed by atoms with Crippen molar-refractivity contribution < 1.29 is 14.6 Å². The van der Waals surface area contributed by atoms with Crippen molar-refractivity contribution in [3.63, 3.8) is 0 Å². The van der Waals surface area contributed by atoms with Gasteiger partial charge in [0.2, 0.25) is 0 Å². The highest BCUT2D eigenvalue weighted by atomic mass is 16.6. The van der Waals surface area contributed by atoms with Crippen molar-refractivity contribution in [3.8, 4) is 0 Å². The Balaban J connectivity index is 2.10. The quantitative estimate of drug-likeness (QED) is 0.558. The first-order valence-corrected chi connectivity index (χ1v) is 3.39. The minimum atomic E-state index is -0.840. The molecule has 1 aliphatic carbocycles. The highest BCUT2D eigenvalue weighted by molar-refractivity contribution is 5.70. The maximum Gasteiger partial charge on any atom is 0.412 e. The first kappa shape index (κ1) is 5.97. The van der Waals surface area contributed by atoms with Crippen LogP contribution in [0.2, 0.25) is 0 Å². The summed E-state index contributed by atoms with van der Waals surface area (Å²) in [6, 6.07) is 0. The standard InChI is InChI=1S/C6H9NO3/c8-5-7(3-4-10-5)6(9)1-2-6/h9H,1-4H2. The fourth-order valence-corrected chi connectivity index (χ4v) is 1.15. The molecule has 0 aromatic carbocycles. The maximum atomic E-state index is 10.8. The molecule has 1 saturated heterocycles. The van der Waals surface area contributed by atoms with Gasteiger partial charge in [0.05, 0.1) is 6.54 Å². The molecule has 2 fully saturated rings. The average Bonchev–Trinajstić information content (AvgIpc) is 2.44. The summed E-state index contributed by atoms with van der Waals surface area (Å²) in [5.41, 5.74) is -0.840. The Hall–Kier alpha value is -0.770. The van der Waals surface area contributed by atoms with E-state index in [-0.39, 0.29) is 6.09 Å². The van der Waals surface area contributed by atoms with E-state index in [9.17, 15) is 9.90 Å². The lowest BCUT2D eigenvalue weighted by Gasteiger charge is -2.18. The van der Waals surface area contributed by atoms with Crippen LogP contribution in [-0.2, 0) is 4.74 Å². The van der Waals surface area contributed by atoms with Crippen LogP contribution in [0.1, 0.15) is 12.8 Å². The Morgan fingerprint density at radius 3 is 2.70 bits per heavy atom. The van der Waals surface area contributed by atoms with E-state index in [1.165, 1.54) is 4.90 Å². The number of aliphatic hydroxyl groups is 1. The molecular weight excluding hydrogens is 134 g/mol. The van der Waals surface area contributed by atoms with Crippen molar-refractivity contribution in [1.82, 2.24) is 4.90 Å². The van der Waals surface area contributed by atoms with Crippen LogP contribution in [0.4, 0.5) is 4.79 Å². The number of ether oxygens (including phenoxy) is 1. The van der Waals surface area contributed by atoms with Gasteiger partial charge in [-0.1, -0.05) is 0 Å². The summed E-state index contributed by atoms with van der Waals surface area (Å²) in [6.07, 6.45) is 1.02. The number of cyclic esters (lactones) is 1. The van der Waals surface area contributed by atoms with Crippen molar-refractivity contribution in [2.75, 3.05) is 13.2 Å². The molecule has 1 saturated carbocycles. The lowest BCUT2D eigenvalue weighted by molar-refractivity contribution is 0.0141. The monoisotopic (exact) mass is 143 g/mol. The summed E-state index contributed by atoms with van der Waals surface area (Å²) in [5, 5.41) is 9.42. The van der Waals surface area contributed by atoms with E-state index in [0.717, 1.165) is 0 Å². The first-order chi connectivity index (χ1) is 4.72. The maximum absolute atomic E-state index is 10.8. The minimum absolute atomic E-state index is 0.375. The van der Waals surface area contributed by atoms with Crippen LogP contribution in [-0.4, -0.2) is 35.0 Å². The van der Waals surface area contributed by atoms with Crippen LogP contribution in [0, 0.1) is 0 Å². The summed E-state index contributed by atoms with van der Waals surface area (Å²) >= 11 is 0. The summed E-state index contributed by atoms with van der Waals surface area (Å²) < 4.78 is 4.66. The molecule has 2 rings (SSSR count). The zero-order chi connectivity index (χ0) is 7.19. The predicted molar refractivity (Wildman–Crippen MR) is 32.2 cm³/mol. The van der Waals surface area contributed by atoms with Gasteiger partial charge in [0, 0.05) is 0 Å². The molecule has 0 aromatic heterocycles. The fraction of sp³-hybridized carbons (Fsp3) is 0.833. The second-order valence-corrected chi connectivity index (χ2v) is 2.75. The first-order valence-electron chi connectivity index (χ1n) is 3.39. The van der Waals surface area contributed by atoms with Gasteiger partial charge < -0.3 is 9.84 Å². The van der Waals surface area contributed by atoms with E-state index in [2.05, 4.69) is 4.74 Å². The second kappa shape index (κ2) is 1.63. The Bertz CT molecular complexity index is 176. The largest absolute Gasteiger partial charge is 0.447 e. The predicted octanol–water partition coefficient (Wildman–Crippen LogP) is -0.0790. The molecule has 1 amide bonds. The number of carbonyl (C=O) groups is 1. The van der Waals surface area contributed by atoms with E-state index in [4.69, 9.17) is 0 Å². The molecule has 56 valence electrons. The van der Waals surface area contributed by atoms with E-state index < -0.39 is 5.72 Å². The van der Waals surface area contributed by atoms with Crippen molar-refractivity contribution in [2.24, 2.45) is 0 Å². The zero-order valence-electron chi connectivity index (χ0n) is 5.54. The molecule has 0 spiro atoms. The Kier molecular flexibility index (Phi) is 0.976.